The third-order valence-corrected chi connectivity index (χ3v) is 5.53. The largest absolute Gasteiger partial charge is 0.492 e. The molecule has 5 nitrogen and oxygen atoms in total. The molecule has 3 aliphatic rings. The number of piperazine rings is 1. The van der Waals surface area contributed by atoms with Crippen molar-refractivity contribution in [3.8, 4) is 5.75 Å². The zero-order chi connectivity index (χ0) is 16.4. The van der Waals surface area contributed by atoms with Crippen LogP contribution in [0.25, 0.3) is 0 Å². The van der Waals surface area contributed by atoms with E-state index in [9.17, 15) is 4.79 Å². The molecule has 3 fully saturated rings. The molecule has 0 unspecified atom stereocenters. The molecular formula is C19H26N2O3. The molecule has 3 saturated heterocycles. The summed E-state index contributed by atoms with van der Waals surface area (Å²) in [5.41, 5.74) is 0. The minimum absolute atomic E-state index is 0.122. The molecule has 3 atom stereocenters. The Morgan fingerprint density at radius 1 is 1.12 bits per heavy atom. The Kier molecular flexibility index (Phi) is 4.72. The van der Waals surface area contributed by atoms with Gasteiger partial charge in [-0.05, 0) is 31.4 Å². The van der Waals surface area contributed by atoms with Gasteiger partial charge in [0.1, 0.15) is 12.4 Å². The van der Waals surface area contributed by atoms with Crippen molar-refractivity contribution in [2.75, 3.05) is 39.3 Å². The molecular weight excluding hydrogens is 304 g/mol. The fraction of sp³-hybridized carbons (Fsp3) is 0.632. The first-order valence-corrected chi connectivity index (χ1v) is 9.14. The van der Waals surface area contributed by atoms with Gasteiger partial charge < -0.3 is 14.4 Å². The lowest BCUT2D eigenvalue weighted by Crippen LogP contribution is -2.52. The van der Waals surface area contributed by atoms with Crippen LogP contribution < -0.4 is 4.74 Å². The second-order valence-corrected chi connectivity index (χ2v) is 7.04. The Morgan fingerprint density at radius 3 is 2.58 bits per heavy atom. The van der Waals surface area contributed by atoms with Gasteiger partial charge >= 0.3 is 0 Å². The monoisotopic (exact) mass is 330 g/mol. The van der Waals surface area contributed by atoms with Gasteiger partial charge in [0.25, 0.3) is 0 Å². The summed E-state index contributed by atoms with van der Waals surface area (Å²) in [6, 6.07) is 9.92. The molecule has 24 heavy (non-hydrogen) atoms. The Balaban J connectivity index is 1.19. The van der Waals surface area contributed by atoms with Crippen LogP contribution in [0, 0.1) is 5.92 Å². The first-order chi connectivity index (χ1) is 11.8. The molecule has 5 heteroatoms. The van der Waals surface area contributed by atoms with Crippen molar-refractivity contribution in [3.63, 3.8) is 0 Å². The number of hydrogen-bond acceptors (Lipinski definition) is 4. The van der Waals surface area contributed by atoms with E-state index in [0.717, 1.165) is 57.7 Å². The van der Waals surface area contributed by atoms with Crippen LogP contribution in [0.1, 0.15) is 19.3 Å². The van der Waals surface area contributed by atoms with E-state index in [2.05, 4.69) is 4.90 Å². The zero-order valence-corrected chi connectivity index (χ0v) is 14.1. The van der Waals surface area contributed by atoms with Crippen LogP contribution in [0.15, 0.2) is 30.3 Å². The van der Waals surface area contributed by atoms with Crippen molar-refractivity contribution in [2.24, 2.45) is 5.92 Å². The fourth-order valence-electron chi connectivity index (χ4n) is 4.13. The van der Waals surface area contributed by atoms with Crippen LogP contribution in [-0.4, -0.2) is 67.2 Å². The minimum atomic E-state index is 0.122. The van der Waals surface area contributed by atoms with Crippen LogP contribution >= 0.6 is 0 Å². The SMILES string of the molecule is O=C([C@H]1C[C@H]2CC[C@H]1O2)N1CCN(CCOc2ccccc2)CC1. The number of carbonyl (C=O) groups is 1. The standard InChI is InChI=1S/C19H26N2O3/c22-19(17-14-16-6-7-18(17)24-16)21-10-8-20(9-11-21)12-13-23-15-4-2-1-3-5-15/h1-5,16-18H,6-14H2/t16-,17+,18-/m1/s1. The van der Waals surface area contributed by atoms with E-state index in [1.807, 2.05) is 35.2 Å². The Morgan fingerprint density at radius 2 is 1.92 bits per heavy atom. The highest BCUT2D eigenvalue weighted by atomic mass is 16.5. The van der Waals surface area contributed by atoms with Crippen molar-refractivity contribution in [1.29, 1.82) is 0 Å². The number of nitrogens with zero attached hydrogens (tertiary/aromatic N) is 2. The summed E-state index contributed by atoms with van der Waals surface area (Å²) >= 11 is 0. The number of carbonyl (C=O) groups excluding carboxylic acids is 1. The first-order valence-electron chi connectivity index (χ1n) is 9.14. The molecule has 1 aromatic rings. The molecule has 0 aliphatic carbocycles. The summed E-state index contributed by atoms with van der Waals surface area (Å²) < 4.78 is 11.6. The Bertz CT molecular complexity index is 557. The van der Waals surface area contributed by atoms with Gasteiger partial charge in [-0.25, -0.2) is 0 Å². The predicted molar refractivity (Wildman–Crippen MR) is 91.0 cm³/mol. The Hall–Kier alpha value is -1.59. The third kappa shape index (κ3) is 3.42. The molecule has 3 heterocycles. The second kappa shape index (κ2) is 7.11. The summed E-state index contributed by atoms with van der Waals surface area (Å²) in [7, 11) is 0. The van der Waals surface area contributed by atoms with Gasteiger partial charge in [0, 0.05) is 32.7 Å². The number of amides is 1. The van der Waals surface area contributed by atoms with E-state index in [0.29, 0.717) is 18.6 Å². The fourth-order valence-corrected chi connectivity index (χ4v) is 4.13. The lowest BCUT2D eigenvalue weighted by molar-refractivity contribution is -0.139. The summed E-state index contributed by atoms with van der Waals surface area (Å²) in [6.45, 7) is 5.14. The number of para-hydroxylation sites is 1. The number of rotatable bonds is 5. The van der Waals surface area contributed by atoms with E-state index in [4.69, 9.17) is 9.47 Å². The van der Waals surface area contributed by atoms with Crippen molar-refractivity contribution in [1.82, 2.24) is 9.80 Å². The molecule has 1 aromatic carbocycles. The van der Waals surface area contributed by atoms with Crippen molar-refractivity contribution in [2.45, 2.75) is 31.5 Å². The number of fused-ring (bicyclic) bond motifs is 2. The van der Waals surface area contributed by atoms with Gasteiger partial charge in [-0.3, -0.25) is 9.69 Å². The molecule has 4 rings (SSSR count). The minimum Gasteiger partial charge on any atom is -0.492 e. The molecule has 0 spiro atoms. The van der Waals surface area contributed by atoms with Gasteiger partial charge in [0.05, 0.1) is 18.1 Å². The molecule has 0 saturated carbocycles. The van der Waals surface area contributed by atoms with E-state index >= 15 is 0 Å². The topological polar surface area (TPSA) is 42.0 Å². The molecule has 3 aliphatic heterocycles. The maximum Gasteiger partial charge on any atom is 0.228 e. The van der Waals surface area contributed by atoms with E-state index in [1.54, 1.807) is 0 Å². The van der Waals surface area contributed by atoms with Gasteiger partial charge in [0.15, 0.2) is 0 Å². The number of ether oxygens (including phenoxy) is 2. The van der Waals surface area contributed by atoms with Crippen LogP contribution in [0.2, 0.25) is 0 Å². The van der Waals surface area contributed by atoms with Crippen molar-refractivity contribution in [3.05, 3.63) is 30.3 Å². The predicted octanol–water partition coefficient (Wildman–Crippen LogP) is 1.78. The van der Waals surface area contributed by atoms with Gasteiger partial charge in [-0.2, -0.15) is 0 Å². The summed E-state index contributed by atoms with van der Waals surface area (Å²) in [5.74, 6) is 1.36. The lowest BCUT2D eigenvalue weighted by Gasteiger charge is -2.36. The number of hydrogen-bond donors (Lipinski definition) is 0. The van der Waals surface area contributed by atoms with Crippen LogP contribution in [0.3, 0.4) is 0 Å². The molecule has 2 bridgehead atoms. The summed E-state index contributed by atoms with van der Waals surface area (Å²) in [4.78, 5) is 17.1. The van der Waals surface area contributed by atoms with E-state index in [1.165, 1.54) is 0 Å². The van der Waals surface area contributed by atoms with Crippen LogP contribution in [-0.2, 0) is 9.53 Å². The third-order valence-electron chi connectivity index (χ3n) is 5.53. The maximum atomic E-state index is 12.7. The first kappa shape index (κ1) is 15.9. The van der Waals surface area contributed by atoms with Gasteiger partial charge in [-0.1, -0.05) is 18.2 Å². The highest BCUT2D eigenvalue weighted by molar-refractivity contribution is 5.80. The average molecular weight is 330 g/mol. The normalized spacial score (nSPS) is 29.8. The maximum absolute atomic E-state index is 12.7. The molecule has 0 aromatic heterocycles. The summed E-state index contributed by atoms with van der Waals surface area (Å²) in [6.07, 6.45) is 3.69. The van der Waals surface area contributed by atoms with Crippen LogP contribution in [0.4, 0.5) is 0 Å². The summed E-state index contributed by atoms with van der Waals surface area (Å²) in [5, 5.41) is 0. The van der Waals surface area contributed by atoms with Crippen molar-refractivity contribution >= 4 is 5.91 Å². The van der Waals surface area contributed by atoms with Gasteiger partial charge in [0.2, 0.25) is 5.91 Å². The second-order valence-electron chi connectivity index (χ2n) is 7.04. The number of benzene rings is 1. The molecule has 1 amide bonds. The molecule has 0 radical (unpaired) electrons. The molecule has 0 N–H and O–H groups in total. The smallest absolute Gasteiger partial charge is 0.228 e. The van der Waals surface area contributed by atoms with Gasteiger partial charge in [-0.15, -0.1) is 0 Å². The quantitative estimate of drug-likeness (QED) is 0.825. The highest BCUT2D eigenvalue weighted by Gasteiger charge is 2.45. The van der Waals surface area contributed by atoms with E-state index in [-0.39, 0.29) is 12.0 Å². The zero-order valence-electron chi connectivity index (χ0n) is 14.1. The van der Waals surface area contributed by atoms with E-state index < -0.39 is 0 Å². The average Bonchev–Trinajstić information content (AvgIpc) is 3.26. The van der Waals surface area contributed by atoms with Crippen molar-refractivity contribution < 1.29 is 14.3 Å². The molecule has 130 valence electrons. The Labute approximate surface area is 143 Å². The lowest BCUT2D eigenvalue weighted by atomic mass is 9.88. The highest BCUT2D eigenvalue weighted by Crippen LogP contribution is 2.39. The van der Waals surface area contributed by atoms with Crippen LogP contribution in [0.5, 0.6) is 5.75 Å².